The number of hydrogen-bond donors (Lipinski definition) is 0. The van der Waals surface area contributed by atoms with Crippen molar-refractivity contribution >= 4 is 0 Å². The molecule has 2 aliphatic heterocycles. The predicted molar refractivity (Wildman–Crippen MR) is 119 cm³/mol. The van der Waals surface area contributed by atoms with Gasteiger partial charge in [-0.05, 0) is 25.7 Å². The van der Waals surface area contributed by atoms with Gasteiger partial charge in [-0.1, -0.05) is 83.1 Å². The fourth-order valence-corrected chi connectivity index (χ4v) is 1.02. The summed E-state index contributed by atoms with van der Waals surface area (Å²) in [5.74, 6) is 0. The molecule has 0 aromatic heterocycles. The third-order valence-corrected chi connectivity index (χ3v) is 1.65. The van der Waals surface area contributed by atoms with Gasteiger partial charge in [-0.15, -0.1) is 22.4 Å². The molecule has 34 heavy (non-hydrogen) atoms. The molecule has 0 aromatic carbocycles. The Bertz CT molecular complexity index is 248. The van der Waals surface area contributed by atoms with Crippen LogP contribution in [0.2, 0.25) is 0 Å². The van der Waals surface area contributed by atoms with Crippen LogP contribution < -0.4 is 70.6 Å². The number of ether oxygens (including phenoxy) is 2. The molecule has 199 valence electrons. The first-order chi connectivity index (χ1) is 13.0. The Labute approximate surface area is 253 Å². The normalized spacial score (nSPS) is 14.1. The van der Waals surface area contributed by atoms with Gasteiger partial charge in [0.15, 0.2) is 0 Å². The van der Waals surface area contributed by atoms with E-state index in [0.717, 1.165) is 26.4 Å². The van der Waals surface area contributed by atoms with Crippen molar-refractivity contribution in [3.05, 3.63) is 0 Å². The van der Waals surface area contributed by atoms with E-state index >= 15 is 0 Å². The molecule has 10 heteroatoms. The molecule has 0 bridgehead atoms. The van der Waals surface area contributed by atoms with Gasteiger partial charge in [0.2, 0.25) is 0 Å². The molecule has 1 radical (unpaired) electrons. The van der Waals surface area contributed by atoms with Crippen molar-refractivity contribution in [2.75, 3.05) is 26.4 Å². The van der Waals surface area contributed by atoms with Crippen LogP contribution in [-0.4, -0.2) is 48.8 Å². The Morgan fingerprint density at radius 3 is 0.529 bits per heavy atom. The molecule has 2 saturated heterocycles. The van der Waals surface area contributed by atoms with Crippen LogP contribution in [0.25, 0.3) is 0 Å². The minimum Gasteiger partial charge on any atom is -1.00 e. The van der Waals surface area contributed by atoms with Gasteiger partial charge in [-0.25, -0.2) is 0 Å². The first-order valence-corrected chi connectivity index (χ1v) is 11.0. The van der Waals surface area contributed by atoms with Crippen LogP contribution in [0, 0.1) is 0 Å². The van der Waals surface area contributed by atoms with Crippen molar-refractivity contribution in [3.8, 4) is 0 Å². The standard InChI is InChI=1S/2C4H8O.4C4H9O.ClH.Cr.2Li/c2*1-2-4-5-3-1;4*1-4(2,3)5;;;;/h2*1-4H2;4*1-3H3;1H;;;/q;;4*-1;;+3;2*+1/p-1. The molecule has 6 nitrogen and oxygen atoms in total. The van der Waals surface area contributed by atoms with Crippen molar-refractivity contribution < 1.29 is 97.4 Å². The summed E-state index contributed by atoms with van der Waals surface area (Å²) in [5.41, 5.74) is -3.00. The fraction of sp³-hybridized carbons (Fsp3) is 1.00. The Morgan fingerprint density at radius 1 is 0.412 bits per heavy atom. The predicted octanol–water partition coefficient (Wildman–Crippen LogP) is -6.82. The molecule has 0 aromatic rings. The Hall–Kier alpha value is 1.78. The van der Waals surface area contributed by atoms with Gasteiger partial charge in [0, 0.05) is 26.4 Å². The summed E-state index contributed by atoms with van der Waals surface area (Å²) in [6.45, 7) is 23.6. The number of hydrogen-bond acceptors (Lipinski definition) is 6. The second kappa shape index (κ2) is 31.0. The van der Waals surface area contributed by atoms with Crippen molar-refractivity contribution in [2.24, 2.45) is 0 Å². The van der Waals surface area contributed by atoms with Crippen LogP contribution >= 0.6 is 0 Å². The molecule has 2 rings (SSSR count). The van der Waals surface area contributed by atoms with Crippen molar-refractivity contribution in [2.45, 2.75) is 131 Å². The molecular formula is C24H52ClCrLi2O6. The molecule has 0 spiro atoms. The molecule has 2 heterocycles. The summed E-state index contributed by atoms with van der Waals surface area (Å²) in [5, 5.41) is 40.4. The van der Waals surface area contributed by atoms with Crippen LogP contribution in [0.15, 0.2) is 0 Å². The summed E-state index contributed by atoms with van der Waals surface area (Å²) >= 11 is 0. The maximum Gasteiger partial charge on any atom is 3.00 e. The van der Waals surface area contributed by atoms with Gasteiger partial charge in [0.25, 0.3) is 0 Å². The Kier molecular flexibility index (Phi) is 51.1. The van der Waals surface area contributed by atoms with Gasteiger partial charge in [-0.2, -0.15) is 0 Å². The summed E-state index contributed by atoms with van der Waals surface area (Å²) in [6.07, 6.45) is 5.11. The van der Waals surface area contributed by atoms with Crippen LogP contribution in [0.5, 0.6) is 0 Å². The summed E-state index contributed by atoms with van der Waals surface area (Å²) in [7, 11) is 0. The zero-order chi connectivity index (χ0) is 25.1. The number of halogens is 1. The van der Waals surface area contributed by atoms with E-state index in [2.05, 4.69) is 0 Å². The zero-order valence-corrected chi connectivity index (χ0v) is 26.9. The Balaban J connectivity index is -0.0000000389. The van der Waals surface area contributed by atoms with E-state index in [1.54, 1.807) is 83.1 Å². The van der Waals surface area contributed by atoms with E-state index in [1.807, 2.05) is 0 Å². The summed E-state index contributed by atoms with van der Waals surface area (Å²) in [6, 6.07) is 0. The molecule has 0 aliphatic carbocycles. The quantitative estimate of drug-likeness (QED) is 0.284. The Morgan fingerprint density at radius 2 is 0.500 bits per heavy atom. The molecule has 0 amide bonds. The van der Waals surface area contributed by atoms with Gasteiger partial charge in [0.1, 0.15) is 0 Å². The van der Waals surface area contributed by atoms with E-state index in [0.29, 0.717) is 0 Å². The monoisotopic (exact) mass is 537 g/mol. The SMILES string of the molecule is C1CCOC1.C1CCOC1.CC(C)(C)[O-].CC(C)(C)[O-].CC(C)(C)[O-].CC(C)(C)[O-].[Cl-].[Cr+3].[Li+].[Li+]. The van der Waals surface area contributed by atoms with E-state index in [4.69, 9.17) is 9.47 Å². The first kappa shape index (κ1) is 56.1. The van der Waals surface area contributed by atoms with E-state index < -0.39 is 22.4 Å². The van der Waals surface area contributed by atoms with Crippen LogP contribution in [0.1, 0.15) is 109 Å². The smallest absolute Gasteiger partial charge is 1.00 e. The molecule has 2 fully saturated rings. The molecule has 0 unspecified atom stereocenters. The third-order valence-electron chi connectivity index (χ3n) is 1.65. The maximum atomic E-state index is 10.1. The first-order valence-electron chi connectivity index (χ1n) is 11.0. The number of rotatable bonds is 0. The molecular weight excluding hydrogens is 486 g/mol. The van der Waals surface area contributed by atoms with E-state index in [1.165, 1.54) is 25.7 Å². The summed E-state index contributed by atoms with van der Waals surface area (Å²) in [4.78, 5) is 0. The largest absolute Gasteiger partial charge is 3.00 e. The van der Waals surface area contributed by atoms with E-state index in [9.17, 15) is 20.4 Å². The van der Waals surface area contributed by atoms with Crippen LogP contribution in [-0.2, 0) is 26.8 Å². The third kappa shape index (κ3) is 262. The van der Waals surface area contributed by atoms with Crippen molar-refractivity contribution in [1.29, 1.82) is 0 Å². The minimum absolute atomic E-state index is 0. The van der Waals surface area contributed by atoms with Gasteiger partial charge in [0.05, 0.1) is 0 Å². The van der Waals surface area contributed by atoms with Gasteiger partial charge in [-0.3, -0.25) is 0 Å². The topological polar surface area (TPSA) is 111 Å². The van der Waals surface area contributed by atoms with Crippen molar-refractivity contribution in [1.82, 2.24) is 0 Å². The maximum absolute atomic E-state index is 10.1. The molecule has 0 atom stereocenters. The van der Waals surface area contributed by atoms with Gasteiger partial charge < -0.3 is 42.3 Å². The fourth-order valence-electron chi connectivity index (χ4n) is 1.02. The molecule has 0 saturated carbocycles. The van der Waals surface area contributed by atoms with Gasteiger partial charge >= 0.3 is 55.1 Å². The van der Waals surface area contributed by atoms with Crippen LogP contribution in [0.3, 0.4) is 0 Å². The zero-order valence-electron chi connectivity index (χ0n) is 24.9. The minimum atomic E-state index is -0.750. The second-order valence-electron chi connectivity index (χ2n) is 11.1. The summed E-state index contributed by atoms with van der Waals surface area (Å²) < 4.78 is 9.89. The second-order valence-corrected chi connectivity index (χ2v) is 11.1. The average Bonchev–Trinajstić information content (AvgIpc) is 3.10. The molecule has 0 N–H and O–H groups in total. The van der Waals surface area contributed by atoms with Crippen molar-refractivity contribution in [3.63, 3.8) is 0 Å². The molecule has 2 aliphatic rings. The van der Waals surface area contributed by atoms with Crippen LogP contribution in [0.4, 0.5) is 0 Å². The van der Waals surface area contributed by atoms with E-state index in [-0.39, 0.29) is 67.5 Å². The average molecular weight is 538 g/mol.